The van der Waals surface area contributed by atoms with Crippen molar-refractivity contribution in [2.24, 2.45) is 0 Å². The summed E-state index contributed by atoms with van der Waals surface area (Å²) in [5.41, 5.74) is 0.844. The van der Waals surface area contributed by atoms with Gasteiger partial charge in [-0.1, -0.05) is 27.6 Å². The number of amides is 1. The van der Waals surface area contributed by atoms with Crippen molar-refractivity contribution in [1.82, 2.24) is 5.32 Å². The predicted octanol–water partition coefficient (Wildman–Crippen LogP) is 0.955. The summed E-state index contributed by atoms with van der Waals surface area (Å²) >= 11 is 3.31. The number of hydrogen-bond acceptors (Lipinski definition) is 6. The van der Waals surface area contributed by atoms with E-state index in [0.29, 0.717) is 31.4 Å². The second kappa shape index (κ2) is 13.3. The summed E-state index contributed by atoms with van der Waals surface area (Å²) in [6.45, 7) is 4.14. The predicted molar refractivity (Wildman–Crippen MR) is 83.6 cm³/mol. The van der Waals surface area contributed by atoms with E-state index in [1.54, 1.807) is 19.9 Å². The van der Waals surface area contributed by atoms with E-state index in [0.717, 1.165) is 5.57 Å². The van der Waals surface area contributed by atoms with Crippen molar-refractivity contribution in [3.8, 4) is 0 Å². The van der Waals surface area contributed by atoms with E-state index < -0.39 is 18.0 Å². The second-order valence-electron chi connectivity index (χ2n) is 4.08. The van der Waals surface area contributed by atoms with E-state index in [2.05, 4.69) is 21.2 Å². The van der Waals surface area contributed by atoms with E-state index >= 15 is 0 Å². The van der Waals surface area contributed by atoms with Gasteiger partial charge in [0.25, 0.3) is 0 Å². The number of nitrogens with one attached hydrogen (secondary N) is 1. The van der Waals surface area contributed by atoms with Gasteiger partial charge in [-0.3, -0.25) is 4.79 Å². The van der Waals surface area contributed by atoms with Gasteiger partial charge in [0.2, 0.25) is 6.41 Å². The summed E-state index contributed by atoms with van der Waals surface area (Å²) in [5.74, 6) is -0.945. The summed E-state index contributed by atoms with van der Waals surface area (Å²) < 4.78 is 14.8. The van der Waals surface area contributed by atoms with Crippen molar-refractivity contribution in [1.29, 1.82) is 0 Å². The maximum atomic E-state index is 11.7. The lowest BCUT2D eigenvalue weighted by Gasteiger charge is -2.13. The molecule has 1 atom stereocenters. The minimum Gasteiger partial charge on any atom is -0.464 e. The van der Waals surface area contributed by atoms with Gasteiger partial charge in [-0.15, -0.1) is 0 Å². The van der Waals surface area contributed by atoms with Crippen LogP contribution in [-0.2, 0) is 28.6 Å². The van der Waals surface area contributed by atoms with Crippen LogP contribution in [0.5, 0.6) is 0 Å². The van der Waals surface area contributed by atoms with Gasteiger partial charge in [-0.05, 0) is 20.3 Å². The number of rotatable bonds is 12. The third-order valence-corrected chi connectivity index (χ3v) is 3.18. The third kappa shape index (κ3) is 9.51. The minimum atomic E-state index is -0.838. The largest absolute Gasteiger partial charge is 0.464 e. The molecule has 22 heavy (non-hydrogen) atoms. The van der Waals surface area contributed by atoms with E-state index in [-0.39, 0.29) is 13.2 Å². The highest BCUT2D eigenvalue weighted by Gasteiger charge is 2.17. The molecule has 1 unspecified atom stereocenters. The van der Waals surface area contributed by atoms with Crippen LogP contribution in [0, 0.1) is 0 Å². The van der Waals surface area contributed by atoms with Crippen LogP contribution in [0.2, 0.25) is 0 Å². The molecule has 0 aliphatic heterocycles. The molecule has 0 fully saturated rings. The second-order valence-corrected chi connectivity index (χ2v) is 4.64. The Bertz CT molecular complexity index is 386. The van der Waals surface area contributed by atoms with Crippen LogP contribution < -0.4 is 5.32 Å². The van der Waals surface area contributed by atoms with Gasteiger partial charge in [0.1, 0.15) is 12.6 Å². The summed E-state index contributed by atoms with van der Waals surface area (Å²) in [7, 11) is 0. The van der Waals surface area contributed by atoms with E-state index in [1.165, 1.54) is 0 Å². The van der Waals surface area contributed by atoms with Gasteiger partial charge < -0.3 is 19.5 Å². The summed E-state index contributed by atoms with van der Waals surface area (Å²) in [5, 5.41) is 2.90. The lowest BCUT2D eigenvalue weighted by atomic mass is 10.1. The van der Waals surface area contributed by atoms with Crippen molar-refractivity contribution in [2.75, 3.05) is 31.8 Å². The van der Waals surface area contributed by atoms with Gasteiger partial charge in [-0.2, -0.15) is 0 Å². The van der Waals surface area contributed by atoms with Gasteiger partial charge in [0, 0.05) is 5.33 Å². The molecule has 0 aromatic rings. The lowest BCUT2D eigenvalue weighted by Crippen LogP contribution is -2.36. The monoisotopic (exact) mass is 379 g/mol. The molecule has 0 rings (SSSR count). The molecular weight excluding hydrogens is 358 g/mol. The van der Waals surface area contributed by atoms with E-state index in [1.807, 2.05) is 0 Å². The molecule has 0 aromatic carbocycles. The fraction of sp³-hybridized carbons (Fsp3) is 0.643. The molecule has 0 radical (unpaired) electrons. The van der Waals surface area contributed by atoms with Crippen molar-refractivity contribution < 1.29 is 28.6 Å². The van der Waals surface area contributed by atoms with Crippen LogP contribution >= 0.6 is 15.9 Å². The number of halogens is 1. The fourth-order valence-corrected chi connectivity index (χ4v) is 1.95. The molecule has 0 saturated carbocycles. The van der Waals surface area contributed by atoms with Crippen LogP contribution in [0.25, 0.3) is 0 Å². The maximum Gasteiger partial charge on any atom is 0.332 e. The van der Waals surface area contributed by atoms with Gasteiger partial charge in [0.05, 0.1) is 19.8 Å². The first-order valence-electron chi connectivity index (χ1n) is 6.94. The molecular formula is C14H22BrNO6. The topological polar surface area (TPSA) is 90.9 Å². The van der Waals surface area contributed by atoms with E-state index in [9.17, 15) is 14.4 Å². The zero-order chi connectivity index (χ0) is 16.8. The zero-order valence-corrected chi connectivity index (χ0v) is 14.4. The van der Waals surface area contributed by atoms with Crippen molar-refractivity contribution in [3.63, 3.8) is 0 Å². The van der Waals surface area contributed by atoms with Crippen LogP contribution in [0.3, 0.4) is 0 Å². The van der Waals surface area contributed by atoms with Crippen LogP contribution in [0.15, 0.2) is 11.6 Å². The number of ether oxygens (including phenoxy) is 3. The van der Waals surface area contributed by atoms with Crippen molar-refractivity contribution in [3.05, 3.63) is 11.6 Å². The smallest absolute Gasteiger partial charge is 0.332 e. The highest BCUT2D eigenvalue weighted by atomic mass is 79.9. The average molecular weight is 380 g/mol. The Morgan fingerprint density at radius 3 is 2.45 bits per heavy atom. The minimum absolute atomic E-state index is 0.114. The quantitative estimate of drug-likeness (QED) is 0.178. The number of alkyl halides is 1. The molecule has 0 bridgehead atoms. The van der Waals surface area contributed by atoms with Gasteiger partial charge in [-0.25, -0.2) is 9.59 Å². The standard InChI is InChI=1S/C14H22BrNO6/c1-3-21-13(18)9-20-6-5-11(8-15)7-12(16-10-17)14(19)22-4-2/h7,10,12H,3-6,8-9H2,1-2H3,(H,16,17)/b11-7-. The van der Waals surface area contributed by atoms with Gasteiger partial charge >= 0.3 is 11.9 Å². The molecule has 0 saturated heterocycles. The molecule has 0 spiro atoms. The van der Waals surface area contributed by atoms with Crippen molar-refractivity contribution in [2.45, 2.75) is 26.3 Å². The number of esters is 2. The molecule has 7 nitrogen and oxygen atoms in total. The average Bonchev–Trinajstić information content (AvgIpc) is 2.49. The van der Waals surface area contributed by atoms with Crippen LogP contribution in [-0.4, -0.2) is 56.1 Å². The molecule has 8 heteroatoms. The number of carbonyl (C=O) groups is 3. The molecule has 0 aromatic heterocycles. The third-order valence-electron chi connectivity index (χ3n) is 2.45. The molecule has 1 amide bonds. The summed E-state index contributed by atoms with van der Waals surface area (Å²) in [6.07, 6.45) is 2.55. The Morgan fingerprint density at radius 1 is 1.23 bits per heavy atom. The van der Waals surface area contributed by atoms with E-state index in [4.69, 9.17) is 14.2 Å². The Balaban J connectivity index is 4.41. The Kier molecular flexibility index (Phi) is 12.4. The normalized spacial score (nSPS) is 12.4. The number of carbonyl (C=O) groups excluding carboxylic acids is 3. The molecule has 0 aliphatic carbocycles. The fourth-order valence-electron chi connectivity index (χ4n) is 1.48. The van der Waals surface area contributed by atoms with Crippen LogP contribution in [0.1, 0.15) is 20.3 Å². The first-order chi connectivity index (χ1) is 10.6. The Labute approximate surface area is 138 Å². The maximum absolute atomic E-state index is 11.7. The SMILES string of the molecule is CCOC(=O)COCC/C(=C/C(NC=O)C(=O)OCC)CBr. The zero-order valence-electron chi connectivity index (χ0n) is 12.8. The molecule has 0 heterocycles. The Hall–Kier alpha value is -1.41. The van der Waals surface area contributed by atoms with Crippen molar-refractivity contribution >= 4 is 34.3 Å². The highest BCUT2D eigenvalue weighted by Crippen LogP contribution is 2.08. The lowest BCUT2D eigenvalue weighted by molar-refractivity contribution is -0.148. The number of hydrogen-bond donors (Lipinski definition) is 1. The summed E-state index contributed by atoms with van der Waals surface area (Å²) in [6, 6.07) is -0.838. The molecule has 1 N–H and O–H groups in total. The first kappa shape index (κ1) is 20.6. The van der Waals surface area contributed by atoms with Crippen LogP contribution in [0.4, 0.5) is 0 Å². The molecule has 0 aliphatic rings. The Morgan fingerprint density at radius 2 is 1.91 bits per heavy atom. The molecule has 126 valence electrons. The summed E-state index contributed by atoms with van der Waals surface area (Å²) in [4.78, 5) is 33.3. The first-order valence-corrected chi connectivity index (χ1v) is 8.06. The highest BCUT2D eigenvalue weighted by molar-refractivity contribution is 9.09. The van der Waals surface area contributed by atoms with Gasteiger partial charge in [0.15, 0.2) is 0 Å².